The number of hydrogen-bond acceptors (Lipinski definition) is 13. The Labute approximate surface area is 397 Å². The molecule has 0 fully saturated rings. The zero-order chi connectivity index (χ0) is 52.6. The monoisotopic (exact) mass is 964 g/mol. The van der Waals surface area contributed by atoms with Crippen LogP contribution in [0.25, 0.3) is 0 Å². The van der Waals surface area contributed by atoms with E-state index in [-0.39, 0.29) is 44.8 Å². The Hall–Kier alpha value is -7.33. The number of likely N-dealkylation sites (N-methyl/N-ethyl adjacent to an activating group) is 11. The smallest absolute Gasteiger partial charge is 0.242 e. The van der Waals surface area contributed by atoms with Crippen molar-refractivity contribution in [1.82, 2.24) is 64.9 Å². The van der Waals surface area contributed by atoms with Crippen LogP contribution < -0.4 is 16.0 Å². The van der Waals surface area contributed by atoms with Gasteiger partial charge in [0.15, 0.2) is 0 Å². The molecule has 0 saturated carbocycles. The first-order chi connectivity index (χ1) is 31.6. The first-order valence-electron chi connectivity index (χ1n) is 21.2. The summed E-state index contributed by atoms with van der Waals surface area (Å²) in [6, 6.07) is -0.825. The van der Waals surface area contributed by atoms with Crippen LogP contribution in [0.4, 0.5) is 0 Å². The van der Waals surface area contributed by atoms with E-state index in [4.69, 9.17) is 6.42 Å². The van der Waals surface area contributed by atoms with E-state index in [0.717, 1.165) is 49.0 Å². The van der Waals surface area contributed by atoms with Crippen molar-refractivity contribution >= 4 is 76.8 Å². The van der Waals surface area contributed by atoms with Crippen molar-refractivity contribution in [2.75, 3.05) is 150 Å². The number of terminal acetylenes is 1. The molecule has 1 unspecified atom stereocenters. The fourth-order valence-electron chi connectivity index (χ4n) is 5.35. The van der Waals surface area contributed by atoms with Crippen molar-refractivity contribution in [2.45, 2.75) is 32.2 Å². The summed E-state index contributed by atoms with van der Waals surface area (Å²) in [4.78, 5) is 174. The summed E-state index contributed by atoms with van der Waals surface area (Å²) < 4.78 is 0. The molecule has 380 valence electrons. The average molecular weight is 964 g/mol. The van der Waals surface area contributed by atoms with Crippen LogP contribution in [0.1, 0.15) is 26.2 Å². The number of carbonyl (C=O) groups excluding carboxylic acids is 13. The molecule has 3 N–H and O–H groups in total. The predicted octanol–water partition coefficient (Wildman–Crippen LogP) is -6.26. The molecule has 0 aromatic carbocycles. The molecule has 13 amide bonds. The Kier molecular flexibility index (Phi) is 26.8. The summed E-state index contributed by atoms with van der Waals surface area (Å²) in [7, 11) is 14.7. The van der Waals surface area contributed by atoms with E-state index in [1.165, 1.54) is 84.4 Å². The van der Waals surface area contributed by atoms with E-state index in [1.54, 1.807) is 0 Å². The summed E-state index contributed by atoms with van der Waals surface area (Å²) >= 11 is 0. The van der Waals surface area contributed by atoms with Crippen molar-refractivity contribution < 1.29 is 62.3 Å². The first-order valence-corrected chi connectivity index (χ1v) is 21.2. The molecule has 0 bridgehead atoms. The van der Waals surface area contributed by atoms with Crippen molar-refractivity contribution in [2.24, 2.45) is 0 Å². The van der Waals surface area contributed by atoms with Crippen LogP contribution in [-0.4, -0.2) is 281 Å². The number of rotatable bonds is 27. The first kappa shape index (κ1) is 60.7. The lowest BCUT2D eigenvalue weighted by molar-refractivity contribution is -0.146. The van der Waals surface area contributed by atoms with Crippen LogP contribution in [0, 0.1) is 12.3 Å². The van der Waals surface area contributed by atoms with Crippen LogP contribution in [0.15, 0.2) is 0 Å². The number of amides is 13. The maximum Gasteiger partial charge on any atom is 0.242 e. The highest BCUT2D eigenvalue weighted by Crippen LogP contribution is 2.01. The molecule has 0 aromatic heterocycles. The van der Waals surface area contributed by atoms with Gasteiger partial charge in [0.2, 0.25) is 76.8 Å². The molecule has 0 radical (unpaired) electrons. The summed E-state index contributed by atoms with van der Waals surface area (Å²) in [5.74, 6) is -4.94. The molecule has 0 spiro atoms. The van der Waals surface area contributed by atoms with Gasteiger partial charge in [-0.05, 0) is 6.92 Å². The van der Waals surface area contributed by atoms with E-state index >= 15 is 0 Å². The lowest BCUT2D eigenvalue weighted by atomic mass is 10.3. The van der Waals surface area contributed by atoms with Gasteiger partial charge < -0.3 is 64.9 Å². The summed E-state index contributed by atoms with van der Waals surface area (Å²) in [5, 5.41) is 7.39. The minimum Gasteiger partial charge on any atom is -0.357 e. The third kappa shape index (κ3) is 22.7. The number of hydrogen-bond donors (Lipinski definition) is 3. The second kappa shape index (κ2) is 30.1. The largest absolute Gasteiger partial charge is 0.357 e. The molecule has 0 rings (SSSR count). The van der Waals surface area contributed by atoms with Gasteiger partial charge in [-0.3, -0.25) is 62.3 Å². The highest BCUT2D eigenvalue weighted by Gasteiger charge is 2.27. The molecule has 68 heavy (non-hydrogen) atoms. The lowest BCUT2D eigenvalue weighted by Gasteiger charge is -2.27. The van der Waals surface area contributed by atoms with Gasteiger partial charge in [-0.2, -0.15) is 0 Å². The molecule has 0 aliphatic heterocycles. The Balaban J connectivity index is 4.88. The highest BCUT2D eigenvalue weighted by molar-refractivity contribution is 5.94. The molecule has 26 nitrogen and oxygen atoms in total. The Morgan fingerprint density at radius 2 is 0.647 bits per heavy atom. The standard InChI is InChI=1S/C42H69N13O13/c1-14-15-16-30(56)44-18-17-32(58)47(5)20-34(60)49(7)22-36(62)51(9)24-38(64)53(11)26-40(66)55(13)28-41(67)54(12)27-39(65)52(10)25-37(63)50(8)23-35(61)48(6)21-33(59)46(4)19-31(57)45-29(2)42(68)43-3/h1,29H,15-28H2,2-13H3,(H,43,68)(H,44,56)(H,45,57). The zero-order valence-corrected chi connectivity index (χ0v) is 41.3. The van der Waals surface area contributed by atoms with Crippen LogP contribution in [0.5, 0.6) is 0 Å². The summed E-state index contributed by atoms with van der Waals surface area (Å²) in [6.45, 7) is -2.79. The van der Waals surface area contributed by atoms with Gasteiger partial charge >= 0.3 is 0 Å². The van der Waals surface area contributed by atoms with Crippen LogP contribution in [0.3, 0.4) is 0 Å². The Morgan fingerprint density at radius 1 is 0.397 bits per heavy atom. The van der Waals surface area contributed by atoms with Gasteiger partial charge in [-0.1, -0.05) is 0 Å². The molecule has 26 heteroatoms. The normalized spacial score (nSPS) is 10.7. The fraction of sp³-hybridized carbons (Fsp3) is 0.643. The number of nitrogens with one attached hydrogen (secondary N) is 3. The van der Waals surface area contributed by atoms with E-state index < -0.39 is 129 Å². The van der Waals surface area contributed by atoms with Crippen LogP contribution >= 0.6 is 0 Å². The van der Waals surface area contributed by atoms with Gasteiger partial charge in [0.1, 0.15) is 6.04 Å². The molecule has 0 heterocycles. The SMILES string of the molecule is C#CCCC(=O)NCCC(=O)N(C)CC(=O)N(C)CC(=O)N(C)CC(=O)N(C)CC(=O)N(C)CC(=O)N(C)CC(=O)N(C)CC(=O)N(C)CC(=O)N(C)CC(=O)N(C)CC(=O)NC(C)C(=O)NC. The van der Waals surface area contributed by atoms with Crippen molar-refractivity contribution in [3.8, 4) is 12.3 Å². The Morgan fingerprint density at radius 3 is 0.897 bits per heavy atom. The molecule has 1 atom stereocenters. The van der Waals surface area contributed by atoms with E-state index in [2.05, 4.69) is 21.9 Å². The van der Waals surface area contributed by atoms with E-state index in [0.29, 0.717) is 0 Å². The molecule has 0 aliphatic carbocycles. The third-order valence-electron chi connectivity index (χ3n) is 10.2. The van der Waals surface area contributed by atoms with Crippen molar-refractivity contribution in [1.29, 1.82) is 0 Å². The molecular formula is C42H69N13O13. The van der Waals surface area contributed by atoms with Crippen molar-refractivity contribution in [3.05, 3.63) is 0 Å². The van der Waals surface area contributed by atoms with Gasteiger partial charge in [0.25, 0.3) is 0 Å². The topological polar surface area (TPSA) is 290 Å². The minimum absolute atomic E-state index is 0.0567. The summed E-state index contributed by atoms with van der Waals surface area (Å²) in [5.41, 5.74) is 0. The molecule has 0 saturated heterocycles. The number of carbonyl (C=O) groups is 13. The second-order valence-electron chi connectivity index (χ2n) is 16.2. The maximum atomic E-state index is 12.9. The van der Waals surface area contributed by atoms with Gasteiger partial charge in [0.05, 0.1) is 65.4 Å². The fourth-order valence-corrected chi connectivity index (χ4v) is 5.35. The number of nitrogens with zero attached hydrogens (tertiary/aromatic N) is 10. The zero-order valence-electron chi connectivity index (χ0n) is 41.3. The van der Waals surface area contributed by atoms with Crippen LogP contribution in [0.2, 0.25) is 0 Å². The second-order valence-corrected chi connectivity index (χ2v) is 16.2. The third-order valence-corrected chi connectivity index (χ3v) is 10.2. The van der Waals surface area contributed by atoms with Gasteiger partial charge in [0, 0.05) is 103 Å². The minimum atomic E-state index is -0.825. The summed E-state index contributed by atoms with van der Waals surface area (Å²) in [6.07, 6.45) is 5.46. The molecule has 0 aromatic rings. The van der Waals surface area contributed by atoms with Gasteiger partial charge in [-0.15, -0.1) is 12.3 Å². The molecule has 0 aliphatic rings. The molecular weight excluding hydrogens is 895 g/mol. The highest BCUT2D eigenvalue weighted by atomic mass is 16.2. The predicted molar refractivity (Wildman–Crippen MR) is 244 cm³/mol. The van der Waals surface area contributed by atoms with E-state index in [9.17, 15) is 62.3 Å². The van der Waals surface area contributed by atoms with Gasteiger partial charge in [-0.25, -0.2) is 0 Å². The lowest BCUT2D eigenvalue weighted by Crippen LogP contribution is -2.50. The van der Waals surface area contributed by atoms with E-state index in [1.807, 2.05) is 0 Å². The maximum absolute atomic E-state index is 12.9. The average Bonchev–Trinajstić information content (AvgIpc) is 3.26. The Bertz CT molecular complexity index is 1920. The van der Waals surface area contributed by atoms with Crippen molar-refractivity contribution in [3.63, 3.8) is 0 Å². The van der Waals surface area contributed by atoms with Crippen LogP contribution in [-0.2, 0) is 62.3 Å². The quantitative estimate of drug-likeness (QED) is 0.0647.